The highest BCUT2D eigenvalue weighted by atomic mass is 16.4. The smallest absolute Gasteiger partial charge is 0.308 e. The molecule has 1 aliphatic heterocycles. The van der Waals surface area contributed by atoms with Crippen LogP contribution in [0.2, 0.25) is 0 Å². The van der Waals surface area contributed by atoms with Gasteiger partial charge in [-0.2, -0.15) is 0 Å². The summed E-state index contributed by atoms with van der Waals surface area (Å²) in [4.78, 5) is 24.4. The van der Waals surface area contributed by atoms with E-state index >= 15 is 0 Å². The molecular weight excluding hydrogens is 218 g/mol. The lowest BCUT2D eigenvalue weighted by Crippen LogP contribution is -2.41. The van der Waals surface area contributed by atoms with Crippen molar-refractivity contribution in [3.05, 3.63) is 12.2 Å². The Hall–Kier alpha value is -1.32. The van der Waals surface area contributed by atoms with Gasteiger partial charge >= 0.3 is 5.97 Å². The van der Waals surface area contributed by atoms with Gasteiger partial charge in [-0.3, -0.25) is 9.59 Å². The number of amides is 1. The Balaban J connectivity index is 2.58. The standard InChI is InChI=1S/C13H21NO3/c1-13(2,3)7-6-11(15)14-8-4-5-10(9-14)12(16)17/h6-7,10H,4-5,8-9H2,1-3H3,(H,16,17). The van der Waals surface area contributed by atoms with E-state index in [4.69, 9.17) is 5.11 Å². The number of likely N-dealkylation sites (tertiary alicyclic amines) is 1. The van der Waals surface area contributed by atoms with E-state index in [1.165, 1.54) is 0 Å². The molecule has 0 saturated carbocycles. The van der Waals surface area contributed by atoms with Crippen LogP contribution in [0.15, 0.2) is 12.2 Å². The fourth-order valence-corrected chi connectivity index (χ4v) is 1.81. The predicted molar refractivity (Wildman–Crippen MR) is 65.5 cm³/mol. The second-order valence-electron chi connectivity index (χ2n) is 5.66. The summed E-state index contributed by atoms with van der Waals surface area (Å²) in [7, 11) is 0. The lowest BCUT2D eigenvalue weighted by molar-refractivity contribution is -0.144. The van der Waals surface area contributed by atoms with Gasteiger partial charge in [0.1, 0.15) is 0 Å². The SMILES string of the molecule is CC(C)(C)C=CC(=O)N1CCCC(C(=O)O)C1. The summed E-state index contributed by atoms with van der Waals surface area (Å²) in [5.74, 6) is -1.29. The van der Waals surface area contributed by atoms with Crippen molar-refractivity contribution in [3.8, 4) is 0 Å². The van der Waals surface area contributed by atoms with Gasteiger partial charge in [-0.25, -0.2) is 0 Å². The van der Waals surface area contributed by atoms with Crippen LogP contribution in [0.25, 0.3) is 0 Å². The molecule has 4 heteroatoms. The molecule has 0 aromatic rings. The molecule has 1 fully saturated rings. The molecule has 17 heavy (non-hydrogen) atoms. The van der Waals surface area contributed by atoms with Crippen LogP contribution in [0.3, 0.4) is 0 Å². The van der Waals surface area contributed by atoms with Gasteiger partial charge in [0.25, 0.3) is 0 Å². The summed E-state index contributed by atoms with van der Waals surface area (Å²) in [6.45, 7) is 7.06. The van der Waals surface area contributed by atoms with Crippen molar-refractivity contribution in [2.75, 3.05) is 13.1 Å². The van der Waals surface area contributed by atoms with E-state index in [2.05, 4.69) is 0 Å². The lowest BCUT2D eigenvalue weighted by atomic mass is 9.95. The van der Waals surface area contributed by atoms with Crippen molar-refractivity contribution in [2.24, 2.45) is 11.3 Å². The zero-order valence-corrected chi connectivity index (χ0v) is 10.8. The Morgan fingerprint density at radius 1 is 1.35 bits per heavy atom. The first-order chi connectivity index (χ1) is 7.79. The van der Waals surface area contributed by atoms with E-state index in [9.17, 15) is 9.59 Å². The minimum absolute atomic E-state index is 0.0301. The van der Waals surface area contributed by atoms with Crippen LogP contribution in [-0.2, 0) is 9.59 Å². The van der Waals surface area contributed by atoms with Crippen LogP contribution in [0, 0.1) is 11.3 Å². The Morgan fingerprint density at radius 3 is 2.53 bits per heavy atom. The number of aliphatic carboxylic acids is 1. The normalized spacial score (nSPS) is 21.8. The maximum Gasteiger partial charge on any atom is 0.308 e. The second kappa shape index (κ2) is 5.34. The van der Waals surface area contributed by atoms with Crippen molar-refractivity contribution >= 4 is 11.9 Å². The summed E-state index contributed by atoms with van der Waals surface area (Å²) in [6.07, 6.45) is 4.86. The highest BCUT2D eigenvalue weighted by Gasteiger charge is 2.27. The van der Waals surface area contributed by atoms with E-state index in [1.807, 2.05) is 26.8 Å². The Bertz CT molecular complexity index is 328. The fraction of sp³-hybridized carbons (Fsp3) is 0.692. The summed E-state index contributed by atoms with van der Waals surface area (Å²) in [6, 6.07) is 0. The molecule has 0 aromatic carbocycles. The van der Waals surface area contributed by atoms with Crippen molar-refractivity contribution in [1.82, 2.24) is 4.90 Å². The molecule has 4 nitrogen and oxygen atoms in total. The average Bonchev–Trinajstić information content (AvgIpc) is 2.25. The summed E-state index contributed by atoms with van der Waals surface area (Å²) in [5, 5.41) is 8.94. The van der Waals surface area contributed by atoms with E-state index in [0.717, 1.165) is 6.42 Å². The lowest BCUT2D eigenvalue weighted by Gasteiger charge is -2.30. The molecule has 0 aliphatic carbocycles. The molecular formula is C13H21NO3. The van der Waals surface area contributed by atoms with Crippen molar-refractivity contribution in [3.63, 3.8) is 0 Å². The Labute approximate surface area is 102 Å². The molecule has 1 N–H and O–H groups in total. The largest absolute Gasteiger partial charge is 0.481 e. The predicted octanol–water partition coefficient (Wildman–Crippen LogP) is 1.91. The minimum Gasteiger partial charge on any atom is -0.481 e. The monoisotopic (exact) mass is 239 g/mol. The fourth-order valence-electron chi connectivity index (χ4n) is 1.81. The third-order valence-corrected chi connectivity index (χ3v) is 2.81. The number of carboxylic acids is 1. The van der Waals surface area contributed by atoms with Crippen LogP contribution in [0.1, 0.15) is 33.6 Å². The number of carbonyl (C=O) groups excluding carboxylic acids is 1. The first-order valence-corrected chi connectivity index (χ1v) is 6.00. The molecule has 1 rings (SSSR count). The zero-order chi connectivity index (χ0) is 13.1. The number of allylic oxidation sites excluding steroid dienone is 1. The summed E-state index contributed by atoms with van der Waals surface area (Å²) >= 11 is 0. The second-order valence-corrected chi connectivity index (χ2v) is 5.66. The Morgan fingerprint density at radius 2 is 2.00 bits per heavy atom. The third kappa shape index (κ3) is 4.59. The van der Waals surface area contributed by atoms with Crippen LogP contribution in [0.4, 0.5) is 0 Å². The van der Waals surface area contributed by atoms with Crippen molar-refractivity contribution < 1.29 is 14.7 Å². The zero-order valence-electron chi connectivity index (χ0n) is 10.8. The van der Waals surface area contributed by atoms with Gasteiger partial charge in [0.05, 0.1) is 5.92 Å². The Kier molecular flexibility index (Phi) is 4.32. The average molecular weight is 239 g/mol. The van der Waals surface area contributed by atoms with E-state index < -0.39 is 11.9 Å². The van der Waals surface area contributed by atoms with Gasteiger partial charge in [0.2, 0.25) is 5.91 Å². The molecule has 1 amide bonds. The van der Waals surface area contributed by atoms with Gasteiger partial charge in [0.15, 0.2) is 0 Å². The molecule has 96 valence electrons. The first kappa shape index (κ1) is 13.7. The number of hydrogen-bond acceptors (Lipinski definition) is 2. The number of hydrogen-bond donors (Lipinski definition) is 1. The molecule has 1 saturated heterocycles. The molecule has 0 spiro atoms. The number of piperidine rings is 1. The minimum atomic E-state index is -0.803. The van der Waals surface area contributed by atoms with Crippen LogP contribution >= 0.6 is 0 Å². The van der Waals surface area contributed by atoms with Gasteiger partial charge in [0, 0.05) is 13.1 Å². The van der Waals surface area contributed by atoms with Gasteiger partial charge < -0.3 is 10.0 Å². The molecule has 1 unspecified atom stereocenters. The topological polar surface area (TPSA) is 57.6 Å². The van der Waals surface area contributed by atoms with Gasteiger partial charge in [-0.1, -0.05) is 26.8 Å². The summed E-state index contributed by atoms with van der Waals surface area (Å²) in [5.41, 5.74) is -0.0301. The van der Waals surface area contributed by atoms with Crippen LogP contribution in [0.5, 0.6) is 0 Å². The van der Waals surface area contributed by atoms with E-state index in [1.54, 1.807) is 11.0 Å². The third-order valence-electron chi connectivity index (χ3n) is 2.81. The highest BCUT2D eigenvalue weighted by Crippen LogP contribution is 2.18. The van der Waals surface area contributed by atoms with Crippen molar-refractivity contribution in [1.29, 1.82) is 0 Å². The maximum atomic E-state index is 11.9. The number of nitrogens with zero attached hydrogens (tertiary/aromatic N) is 1. The van der Waals surface area contributed by atoms with Gasteiger partial charge in [-0.15, -0.1) is 0 Å². The molecule has 0 aromatic heterocycles. The van der Waals surface area contributed by atoms with Crippen LogP contribution in [-0.4, -0.2) is 35.0 Å². The molecule has 1 aliphatic rings. The summed E-state index contributed by atoms with van der Waals surface area (Å²) < 4.78 is 0. The van der Waals surface area contributed by atoms with Crippen LogP contribution < -0.4 is 0 Å². The van der Waals surface area contributed by atoms with E-state index in [0.29, 0.717) is 19.5 Å². The molecule has 0 radical (unpaired) electrons. The molecule has 1 heterocycles. The number of carbonyl (C=O) groups is 2. The number of rotatable bonds is 2. The number of carboxylic acid groups (broad SMARTS) is 1. The maximum absolute atomic E-state index is 11.9. The molecule has 0 bridgehead atoms. The van der Waals surface area contributed by atoms with E-state index in [-0.39, 0.29) is 11.3 Å². The highest BCUT2D eigenvalue weighted by molar-refractivity contribution is 5.88. The quantitative estimate of drug-likeness (QED) is 0.749. The van der Waals surface area contributed by atoms with Crippen molar-refractivity contribution in [2.45, 2.75) is 33.6 Å². The molecule has 1 atom stereocenters. The van der Waals surface area contributed by atoms with Gasteiger partial charge in [-0.05, 0) is 24.3 Å². The first-order valence-electron chi connectivity index (χ1n) is 6.00.